The van der Waals surface area contributed by atoms with Gasteiger partial charge in [-0.15, -0.1) is 0 Å². The molecule has 4 rings (SSSR count). The zero-order chi connectivity index (χ0) is 15.6. The first kappa shape index (κ1) is 15.6. The summed E-state index contributed by atoms with van der Waals surface area (Å²) in [5, 5.41) is 13.8. The highest BCUT2D eigenvalue weighted by Gasteiger charge is 2.41. The van der Waals surface area contributed by atoms with E-state index in [4.69, 9.17) is 9.26 Å². The summed E-state index contributed by atoms with van der Waals surface area (Å²) in [7, 11) is 0. The van der Waals surface area contributed by atoms with Crippen molar-refractivity contribution in [2.45, 2.75) is 69.6 Å². The van der Waals surface area contributed by atoms with Crippen LogP contribution in [-0.4, -0.2) is 47.1 Å². The molecule has 3 fully saturated rings. The average molecular weight is 320 g/mol. The fraction of sp³-hybridized carbons (Fsp3) is 0.833. The second-order valence-electron chi connectivity index (χ2n) is 7.52. The predicted molar refractivity (Wildman–Crippen MR) is 86.1 cm³/mol. The summed E-state index contributed by atoms with van der Waals surface area (Å²) < 4.78 is 11.5. The predicted octanol–water partition coefficient (Wildman–Crippen LogP) is 2.69. The van der Waals surface area contributed by atoms with E-state index in [0.717, 1.165) is 44.0 Å². The molecule has 0 aromatic carbocycles. The monoisotopic (exact) mass is 320 g/mol. The van der Waals surface area contributed by atoms with Crippen LogP contribution in [0.5, 0.6) is 0 Å². The molecule has 0 amide bonds. The maximum atomic E-state index is 9.43. The molecule has 0 radical (unpaired) electrons. The first-order valence-electron chi connectivity index (χ1n) is 9.25. The molecule has 3 atom stereocenters. The second kappa shape index (κ2) is 6.91. The normalized spacial score (nSPS) is 33.0. The van der Waals surface area contributed by atoms with Crippen molar-refractivity contribution in [1.29, 1.82) is 0 Å². The van der Waals surface area contributed by atoms with Crippen molar-refractivity contribution >= 4 is 0 Å². The molecule has 0 spiro atoms. The molecule has 1 aromatic rings. The highest BCUT2D eigenvalue weighted by atomic mass is 16.5. The van der Waals surface area contributed by atoms with Crippen LogP contribution in [0.15, 0.2) is 10.6 Å². The number of fused-ring (bicyclic) bond motifs is 1. The topological polar surface area (TPSA) is 58.7 Å². The average Bonchev–Trinajstić information content (AvgIpc) is 3.22. The minimum Gasteiger partial charge on any atom is -0.396 e. The SMILES string of the molecule is OC[C@H]1C[C@@H]2OCCN(Cc3cc(C4CCCCC4)no3)[C@H]2C1. The molecular formula is C18H28N2O3. The van der Waals surface area contributed by atoms with Crippen molar-refractivity contribution in [3.05, 3.63) is 17.5 Å². The molecule has 3 aliphatic rings. The number of morpholine rings is 1. The van der Waals surface area contributed by atoms with Crippen molar-refractivity contribution in [2.24, 2.45) is 5.92 Å². The van der Waals surface area contributed by atoms with Crippen LogP contribution in [0.1, 0.15) is 62.3 Å². The molecule has 1 aromatic heterocycles. The van der Waals surface area contributed by atoms with E-state index in [1.807, 2.05) is 0 Å². The standard InChI is InChI=1S/C18H28N2O3/c21-12-13-8-17-18(9-13)22-7-6-20(17)11-15-10-16(19-23-15)14-4-2-1-3-5-14/h10,13-14,17-18,21H,1-9,11-12H2/t13-,17+,18+/m1/s1. The Morgan fingerprint density at radius 2 is 2.09 bits per heavy atom. The van der Waals surface area contributed by atoms with E-state index in [0.29, 0.717) is 17.9 Å². The lowest BCUT2D eigenvalue weighted by molar-refractivity contribution is -0.0612. The Balaban J connectivity index is 1.40. The lowest BCUT2D eigenvalue weighted by Crippen LogP contribution is -2.47. The molecule has 0 bridgehead atoms. The van der Waals surface area contributed by atoms with E-state index in [-0.39, 0.29) is 12.7 Å². The van der Waals surface area contributed by atoms with Crippen molar-refractivity contribution in [3.8, 4) is 0 Å². The Morgan fingerprint density at radius 1 is 1.22 bits per heavy atom. The van der Waals surface area contributed by atoms with Crippen LogP contribution in [0.4, 0.5) is 0 Å². The largest absolute Gasteiger partial charge is 0.396 e. The Hall–Kier alpha value is -0.910. The minimum absolute atomic E-state index is 0.276. The van der Waals surface area contributed by atoms with Gasteiger partial charge in [-0.2, -0.15) is 0 Å². The number of rotatable bonds is 4. The third-order valence-corrected chi connectivity index (χ3v) is 5.97. The fourth-order valence-electron chi connectivity index (χ4n) is 4.67. The van der Waals surface area contributed by atoms with Crippen LogP contribution >= 0.6 is 0 Å². The molecule has 128 valence electrons. The van der Waals surface area contributed by atoms with Gasteiger partial charge in [-0.1, -0.05) is 24.4 Å². The Kier molecular flexibility index (Phi) is 4.69. The molecule has 1 aliphatic heterocycles. The second-order valence-corrected chi connectivity index (χ2v) is 7.52. The number of aliphatic hydroxyl groups excluding tert-OH is 1. The Labute approximate surface area is 138 Å². The van der Waals surface area contributed by atoms with Gasteiger partial charge < -0.3 is 14.4 Å². The van der Waals surface area contributed by atoms with Gasteiger partial charge in [0.15, 0.2) is 5.76 Å². The van der Waals surface area contributed by atoms with E-state index in [2.05, 4.69) is 16.1 Å². The zero-order valence-electron chi connectivity index (χ0n) is 13.8. The maximum Gasteiger partial charge on any atom is 0.150 e. The van der Waals surface area contributed by atoms with Crippen molar-refractivity contribution in [1.82, 2.24) is 10.1 Å². The van der Waals surface area contributed by atoms with E-state index in [9.17, 15) is 5.11 Å². The summed E-state index contributed by atoms with van der Waals surface area (Å²) >= 11 is 0. The summed E-state index contributed by atoms with van der Waals surface area (Å²) in [6.45, 7) is 2.82. The summed E-state index contributed by atoms with van der Waals surface area (Å²) in [6, 6.07) is 2.60. The molecule has 23 heavy (non-hydrogen) atoms. The molecule has 0 unspecified atom stereocenters. The van der Waals surface area contributed by atoms with Gasteiger partial charge in [0.2, 0.25) is 0 Å². The Bertz CT molecular complexity index is 512. The molecule has 2 aliphatic carbocycles. The van der Waals surface area contributed by atoms with Crippen LogP contribution in [0, 0.1) is 5.92 Å². The molecular weight excluding hydrogens is 292 g/mol. The molecule has 1 saturated heterocycles. The lowest BCUT2D eigenvalue weighted by atomic mass is 9.87. The third-order valence-electron chi connectivity index (χ3n) is 5.97. The smallest absolute Gasteiger partial charge is 0.150 e. The van der Waals surface area contributed by atoms with Crippen LogP contribution in [0.3, 0.4) is 0 Å². The molecule has 5 nitrogen and oxygen atoms in total. The fourth-order valence-corrected chi connectivity index (χ4v) is 4.67. The first-order valence-corrected chi connectivity index (χ1v) is 9.25. The molecule has 2 saturated carbocycles. The number of nitrogens with zero attached hydrogens (tertiary/aromatic N) is 2. The third kappa shape index (κ3) is 3.32. The number of hydrogen-bond acceptors (Lipinski definition) is 5. The summed E-state index contributed by atoms with van der Waals surface area (Å²) in [4.78, 5) is 2.47. The number of aromatic nitrogens is 1. The summed E-state index contributed by atoms with van der Waals surface area (Å²) in [5.41, 5.74) is 1.16. The molecule has 5 heteroatoms. The first-order chi connectivity index (χ1) is 11.3. The van der Waals surface area contributed by atoms with Crippen molar-refractivity contribution in [2.75, 3.05) is 19.8 Å². The van der Waals surface area contributed by atoms with Crippen molar-refractivity contribution < 1.29 is 14.4 Å². The van der Waals surface area contributed by atoms with Gasteiger partial charge in [-0.3, -0.25) is 4.90 Å². The van der Waals surface area contributed by atoms with Gasteiger partial charge in [0.1, 0.15) is 0 Å². The molecule has 1 N–H and O–H groups in total. The maximum absolute atomic E-state index is 9.43. The van der Waals surface area contributed by atoms with Crippen LogP contribution in [-0.2, 0) is 11.3 Å². The zero-order valence-corrected chi connectivity index (χ0v) is 13.8. The van der Waals surface area contributed by atoms with Crippen LogP contribution in [0.2, 0.25) is 0 Å². The van der Waals surface area contributed by atoms with Gasteiger partial charge in [-0.05, 0) is 31.6 Å². The lowest BCUT2D eigenvalue weighted by Gasteiger charge is -2.36. The van der Waals surface area contributed by atoms with Gasteiger partial charge in [0.05, 0.1) is 24.9 Å². The van der Waals surface area contributed by atoms with Crippen molar-refractivity contribution in [3.63, 3.8) is 0 Å². The number of hydrogen-bond donors (Lipinski definition) is 1. The van der Waals surface area contributed by atoms with Gasteiger partial charge in [0, 0.05) is 31.2 Å². The highest BCUT2D eigenvalue weighted by molar-refractivity contribution is 5.12. The minimum atomic E-state index is 0.276. The van der Waals surface area contributed by atoms with E-state index in [1.165, 1.54) is 32.1 Å². The van der Waals surface area contributed by atoms with Gasteiger partial charge >= 0.3 is 0 Å². The number of ether oxygens (including phenoxy) is 1. The number of aliphatic hydroxyl groups is 1. The van der Waals surface area contributed by atoms with Crippen LogP contribution < -0.4 is 0 Å². The van der Waals surface area contributed by atoms with Gasteiger partial charge in [-0.25, -0.2) is 0 Å². The Morgan fingerprint density at radius 3 is 2.91 bits per heavy atom. The summed E-state index contributed by atoms with van der Waals surface area (Å²) in [6.07, 6.45) is 8.82. The highest BCUT2D eigenvalue weighted by Crippen LogP contribution is 2.36. The summed E-state index contributed by atoms with van der Waals surface area (Å²) in [5.74, 6) is 1.97. The van der Waals surface area contributed by atoms with Crippen LogP contribution in [0.25, 0.3) is 0 Å². The van der Waals surface area contributed by atoms with Gasteiger partial charge in [0.25, 0.3) is 0 Å². The van der Waals surface area contributed by atoms with E-state index < -0.39 is 0 Å². The van der Waals surface area contributed by atoms with E-state index in [1.54, 1.807) is 0 Å². The van der Waals surface area contributed by atoms with E-state index >= 15 is 0 Å². The molecule has 2 heterocycles. The quantitative estimate of drug-likeness (QED) is 0.924.